The maximum Gasteiger partial charge on any atom is 0.305 e. The third-order valence-corrected chi connectivity index (χ3v) is 5.33. The van der Waals surface area contributed by atoms with Gasteiger partial charge in [0.15, 0.2) is 5.85 Å². The summed E-state index contributed by atoms with van der Waals surface area (Å²) in [4.78, 5) is 0. The van der Waals surface area contributed by atoms with Gasteiger partial charge in [-0.25, -0.2) is 0 Å². The first-order valence-electron chi connectivity index (χ1n) is 6.22. The van der Waals surface area contributed by atoms with Gasteiger partial charge in [-0.3, -0.25) is 4.57 Å². The fourth-order valence-corrected chi connectivity index (χ4v) is 3.23. The smallest absolute Gasteiger partial charge is 0.305 e. The summed E-state index contributed by atoms with van der Waals surface area (Å²) in [6, 6.07) is 16.1. The fraction of sp³-hybridized carbons (Fsp3) is 0.125. The zero-order valence-electron chi connectivity index (χ0n) is 11.4. The molecule has 0 spiro atoms. The maximum atomic E-state index is 12.7. The second-order valence-corrected chi connectivity index (χ2v) is 7.50. The molecule has 0 saturated heterocycles. The number of hydrogen-bond donors (Lipinski definition) is 1. The Kier molecular flexibility index (Phi) is 5.39. The lowest BCUT2D eigenvalue weighted by Gasteiger charge is -2.17. The van der Waals surface area contributed by atoms with Gasteiger partial charge in [-0.1, -0.05) is 52.2 Å². The molecule has 0 aliphatic rings. The SMILES string of the molecule is CO[P@](=O)(C#Cc1ccccc1)[C@H](O)c1ccc(Br)cc1. The summed E-state index contributed by atoms with van der Waals surface area (Å²) in [5.41, 5.74) is 3.82. The molecule has 3 nitrogen and oxygen atoms in total. The van der Waals surface area contributed by atoms with Crippen LogP contribution >= 0.6 is 23.3 Å². The van der Waals surface area contributed by atoms with Gasteiger partial charge >= 0.3 is 7.37 Å². The third-order valence-electron chi connectivity index (χ3n) is 2.89. The van der Waals surface area contributed by atoms with E-state index in [4.69, 9.17) is 4.52 Å². The highest BCUT2D eigenvalue weighted by molar-refractivity contribution is 9.10. The molecule has 0 amide bonds. The summed E-state index contributed by atoms with van der Waals surface area (Å²) in [5, 5.41) is 10.3. The van der Waals surface area contributed by atoms with E-state index in [1.54, 1.807) is 36.4 Å². The minimum absolute atomic E-state index is 0.505. The van der Waals surface area contributed by atoms with Gasteiger partial charge in [0.2, 0.25) is 0 Å². The number of halogens is 1. The largest absolute Gasteiger partial charge is 0.377 e. The number of aliphatic hydroxyl groups is 1. The first-order valence-corrected chi connectivity index (χ1v) is 8.71. The lowest BCUT2D eigenvalue weighted by atomic mass is 10.2. The highest BCUT2D eigenvalue weighted by atomic mass is 79.9. The normalized spacial score (nSPS) is 14.6. The number of benzene rings is 2. The number of hydrogen-bond acceptors (Lipinski definition) is 3. The van der Waals surface area contributed by atoms with E-state index < -0.39 is 13.2 Å². The van der Waals surface area contributed by atoms with Crippen molar-refractivity contribution in [1.82, 2.24) is 0 Å². The highest BCUT2D eigenvalue weighted by Gasteiger charge is 2.31. The van der Waals surface area contributed by atoms with Crippen LogP contribution in [0.2, 0.25) is 0 Å². The summed E-state index contributed by atoms with van der Waals surface area (Å²) < 4.78 is 18.6. The van der Waals surface area contributed by atoms with E-state index in [0.29, 0.717) is 5.56 Å². The molecule has 0 aliphatic carbocycles. The highest BCUT2D eigenvalue weighted by Crippen LogP contribution is 2.57. The Labute approximate surface area is 132 Å². The molecule has 21 heavy (non-hydrogen) atoms. The van der Waals surface area contributed by atoms with Crippen molar-refractivity contribution in [1.29, 1.82) is 0 Å². The van der Waals surface area contributed by atoms with Gasteiger partial charge in [0, 0.05) is 17.1 Å². The van der Waals surface area contributed by atoms with Crippen LogP contribution < -0.4 is 0 Å². The Morgan fingerprint density at radius 3 is 2.33 bits per heavy atom. The van der Waals surface area contributed by atoms with Crippen molar-refractivity contribution in [2.24, 2.45) is 0 Å². The molecule has 0 heterocycles. The van der Waals surface area contributed by atoms with Gasteiger partial charge in [0.05, 0.1) is 0 Å². The van der Waals surface area contributed by atoms with Crippen LogP contribution in [0, 0.1) is 11.6 Å². The van der Waals surface area contributed by atoms with Crippen molar-refractivity contribution in [3.8, 4) is 11.6 Å². The first kappa shape index (κ1) is 16.0. The second-order valence-electron chi connectivity index (χ2n) is 4.31. The molecular weight excluding hydrogens is 351 g/mol. The van der Waals surface area contributed by atoms with Gasteiger partial charge in [-0.05, 0) is 35.5 Å². The van der Waals surface area contributed by atoms with Crippen molar-refractivity contribution in [2.75, 3.05) is 7.11 Å². The van der Waals surface area contributed by atoms with E-state index in [2.05, 4.69) is 27.5 Å². The van der Waals surface area contributed by atoms with Crippen molar-refractivity contribution in [3.63, 3.8) is 0 Å². The quantitative estimate of drug-likeness (QED) is 0.649. The summed E-state index contributed by atoms with van der Waals surface area (Å²) in [5.74, 6) is 1.52. The average molecular weight is 365 g/mol. The molecule has 0 radical (unpaired) electrons. The van der Waals surface area contributed by atoms with Crippen molar-refractivity contribution >= 4 is 23.3 Å². The molecule has 2 atom stereocenters. The van der Waals surface area contributed by atoms with Crippen LogP contribution in [0.25, 0.3) is 0 Å². The molecule has 2 aromatic rings. The van der Waals surface area contributed by atoms with Crippen molar-refractivity contribution < 1.29 is 14.2 Å². The molecule has 5 heteroatoms. The Hall–Kier alpha value is -1.37. The zero-order valence-corrected chi connectivity index (χ0v) is 13.8. The van der Waals surface area contributed by atoms with E-state index in [0.717, 1.165) is 10.0 Å². The van der Waals surface area contributed by atoms with Crippen LogP contribution in [0.3, 0.4) is 0 Å². The lowest BCUT2D eigenvalue weighted by molar-refractivity contribution is 0.229. The summed E-state index contributed by atoms with van der Waals surface area (Å²) in [6.45, 7) is 0. The van der Waals surface area contributed by atoms with Crippen molar-refractivity contribution in [2.45, 2.75) is 5.85 Å². The minimum atomic E-state index is -3.51. The van der Waals surface area contributed by atoms with E-state index in [1.807, 2.05) is 18.2 Å². The molecular formula is C16H14BrO3P. The van der Waals surface area contributed by atoms with Gasteiger partial charge in [-0.15, -0.1) is 0 Å². The predicted molar refractivity (Wildman–Crippen MR) is 87.0 cm³/mol. The van der Waals surface area contributed by atoms with E-state index in [9.17, 15) is 9.67 Å². The van der Waals surface area contributed by atoms with E-state index in [-0.39, 0.29) is 0 Å². The Bertz CT molecular complexity index is 702. The van der Waals surface area contributed by atoms with Gasteiger partial charge in [0.25, 0.3) is 0 Å². The molecule has 1 N–H and O–H groups in total. The van der Waals surface area contributed by atoms with Gasteiger partial charge < -0.3 is 9.63 Å². The summed E-state index contributed by atoms with van der Waals surface area (Å²) >= 11 is 3.31. The molecule has 0 fully saturated rings. The summed E-state index contributed by atoms with van der Waals surface area (Å²) in [7, 11) is -2.22. The maximum absolute atomic E-state index is 12.7. The standard InChI is InChI=1S/C16H14BrO3P/c1-20-21(19,12-11-13-5-3-2-4-6-13)16(18)14-7-9-15(17)10-8-14/h2-10,16,18H,1H3/t16-,21+/m0/s1. The van der Waals surface area contributed by atoms with Gasteiger partial charge in [0.1, 0.15) is 0 Å². The fourth-order valence-electron chi connectivity index (χ4n) is 1.70. The molecule has 0 aromatic heterocycles. The first-order chi connectivity index (χ1) is 10.0. The van der Waals surface area contributed by atoms with Crippen LogP contribution in [0.5, 0.6) is 0 Å². The monoisotopic (exact) mass is 364 g/mol. The Balaban J connectivity index is 2.31. The zero-order chi connectivity index (χ0) is 15.3. The van der Waals surface area contributed by atoms with E-state index >= 15 is 0 Å². The van der Waals surface area contributed by atoms with Crippen LogP contribution in [-0.4, -0.2) is 12.2 Å². The predicted octanol–water partition coefficient (Wildman–Crippen LogP) is 4.37. The number of rotatable bonds is 3. The lowest BCUT2D eigenvalue weighted by Crippen LogP contribution is -1.99. The molecule has 2 aromatic carbocycles. The molecule has 0 unspecified atom stereocenters. The van der Waals surface area contributed by atoms with Crippen LogP contribution in [0.4, 0.5) is 0 Å². The molecule has 2 rings (SSSR count). The molecule has 0 bridgehead atoms. The van der Waals surface area contributed by atoms with Gasteiger partial charge in [-0.2, -0.15) is 0 Å². The van der Waals surface area contributed by atoms with Crippen LogP contribution in [0.1, 0.15) is 17.0 Å². The Morgan fingerprint density at radius 2 is 1.76 bits per heavy atom. The molecule has 0 saturated carbocycles. The van der Waals surface area contributed by atoms with E-state index in [1.165, 1.54) is 7.11 Å². The number of aliphatic hydroxyl groups excluding tert-OH is 1. The molecule has 0 aliphatic heterocycles. The summed E-state index contributed by atoms with van der Waals surface area (Å²) in [6.07, 6.45) is 0. The van der Waals surface area contributed by atoms with Crippen LogP contribution in [-0.2, 0) is 9.09 Å². The Morgan fingerprint density at radius 1 is 1.14 bits per heavy atom. The van der Waals surface area contributed by atoms with Crippen LogP contribution in [0.15, 0.2) is 59.1 Å². The third kappa shape index (κ3) is 4.06. The average Bonchev–Trinajstić information content (AvgIpc) is 2.53. The minimum Gasteiger partial charge on any atom is -0.377 e. The topological polar surface area (TPSA) is 46.5 Å². The molecule has 108 valence electrons. The van der Waals surface area contributed by atoms with Crippen molar-refractivity contribution in [3.05, 3.63) is 70.2 Å². The second kappa shape index (κ2) is 7.06.